The van der Waals surface area contributed by atoms with E-state index in [0.717, 1.165) is 22.8 Å². The van der Waals surface area contributed by atoms with Crippen molar-refractivity contribution in [2.24, 2.45) is 5.10 Å². The number of rotatable bonds is 9. The second kappa shape index (κ2) is 11.7. The number of aromatic nitrogens is 3. The predicted molar refractivity (Wildman–Crippen MR) is 132 cm³/mol. The zero-order chi connectivity index (χ0) is 22.2. The van der Waals surface area contributed by atoms with Gasteiger partial charge < -0.3 is 19.8 Å². The van der Waals surface area contributed by atoms with Gasteiger partial charge in [0.05, 0.1) is 26.1 Å². The van der Waals surface area contributed by atoms with Crippen LogP contribution in [0.2, 0.25) is 5.02 Å². The van der Waals surface area contributed by atoms with E-state index in [9.17, 15) is 0 Å². The molecule has 0 spiro atoms. The second-order valence-corrected chi connectivity index (χ2v) is 6.95. The van der Waals surface area contributed by atoms with Gasteiger partial charge in [-0.15, -0.1) is 12.4 Å². The molecule has 2 aromatic heterocycles. The van der Waals surface area contributed by atoms with Crippen molar-refractivity contribution in [1.29, 1.82) is 0 Å². The summed E-state index contributed by atoms with van der Waals surface area (Å²) in [6.07, 6.45) is 3.26. The third kappa shape index (κ3) is 7.09. The van der Waals surface area contributed by atoms with Gasteiger partial charge >= 0.3 is 0 Å². The zero-order valence-corrected chi connectivity index (χ0v) is 19.1. The molecule has 33 heavy (non-hydrogen) atoms. The number of methoxy groups -OCH3 is 1. The van der Waals surface area contributed by atoms with Crippen molar-refractivity contribution in [3.05, 3.63) is 83.3 Å². The molecule has 0 bridgehead atoms. The van der Waals surface area contributed by atoms with Crippen molar-refractivity contribution in [2.45, 2.75) is 6.54 Å². The third-order valence-corrected chi connectivity index (χ3v) is 4.48. The summed E-state index contributed by atoms with van der Waals surface area (Å²) in [7, 11) is 1.62. The molecule has 0 amide bonds. The fourth-order valence-electron chi connectivity index (χ4n) is 2.66. The molecular formula is C22H21Cl2N7O2. The lowest BCUT2D eigenvalue weighted by Crippen LogP contribution is -2.09. The molecule has 2 aromatic carbocycles. The van der Waals surface area contributed by atoms with Crippen LogP contribution in [0.4, 0.5) is 23.5 Å². The molecule has 0 aliphatic carbocycles. The molecule has 0 saturated heterocycles. The Morgan fingerprint density at radius 1 is 0.970 bits per heavy atom. The molecule has 0 saturated carbocycles. The van der Waals surface area contributed by atoms with Crippen molar-refractivity contribution in [3.63, 3.8) is 0 Å². The molecule has 170 valence electrons. The number of anilines is 4. The Bertz CT molecular complexity index is 1170. The van der Waals surface area contributed by atoms with E-state index in [4.69, 9.17) is 20.8 Å². The van der Waals surface area contributed by atoms with E-state index in [-0.39, 0.29) is 18.4 Å². The van der Waals surface area contributed by atoms with Crippen LogP contribution >= 0.6 is 24.0 Å². The number of halogens is 2. The Morgan fingerprint density at radius 3 is 2.39 bits per heavy atom. The molecule has 9 nitrogen and oxygen atoms in total. The van der Waals surface area contributed by atoms with Crippen LogP contribution in [0.15, 0.2) is 76.4 Å². The topological polar surface area (TPSA) is 109 Å². The fourth-order valence-corrected chi connectivity index (χ4v) is 2.78. The lowest BCUT2D eigenvalue weighted by molar-refractivity contribution is 0.415. The maximum absolute atomic E-state index is 5.91. The van der Waals surface area contributed by atoms with Gasteiger partial charge in [-0.2, -0.15) is 20.1 Å². The van der Waals surface area contributed by atoms with Crippen LogP contribution < -0.4 is 20.8 Å². The van der Waals surface area contributed by atoms with Gasteiger partial charge in [0.25, 0.3) is 0 Å². The standard InChI is InChI=1S/C22H20ClN7O2.ClH/c1-31-18-10-8-17(9-11-18)26-21-27-20(24-14-19-3-2-12-32-19)28-22(29-21)30-25-13-15-4-6-16(23)7-5-15;/h2-13H,14H2,1H3,(H3,24,26,27,28,29,30);1H. The first kappa shape index (κ1) is 23.8. The molecule has 0 fully saturated rings. The van der Waals surface area contributed by atoms with Crippen LogP contribution in [-0.4, -0.2) is 28.3 Å². The van der Waals surface area contributed by atoms with Gasteiger partial charge in [0.1, 0.15) is 11.5 Å². The maximum atomic E-state index is 5.91. The van der Waals surface area contributed by atoms with Crippen molar-refractivity contribution < 1.29 is 9.15 Å². The van der Waals surface area contributed by atoms with Crippen LogP contribution in [0.25, 0.3) is 0 Å². The highest BCUT2D eigenvalue weighted by molar-refractivity contribution is 6.30. The van der Waals surface area contributed by atoms with Crippen molar-refractivity contribution >= 4 is 53.8 Å². The highest BCUT2D eigenvalue weighted by Crippen LogP contribution is 2.19. The van der Waals surface area contributed by atoms with Gasteiger partial charge in [0, 0.05) is 10.7 Å². The molecule has 0 atom stereocenters. The first-order valence-electron chi connectivity index (χ1n) is 9.66. The van der Waals surface area contributed by atoms with Gasteiger partial charge in [-0.1, -0.05) is 23.7 Å². The average molecular weight is 486 g/mol. The Balaban J connectivity index is 0.00000306. The fraction of sp³-hybridized carbons (Fsp3) is 0.0909. The number of benzene rings is 2. The molecule has 3 N–H and O–H groups in total. The van der Waals surface area contributed by atoms with Gasteiger partial charge in [-0.25, -0.2) is 5.43 Å². The summed E-state index contributed by atoms with van der Waals surface area (Å²) in [6.45, 7) is 0.423. The Kier molecular flexibility index (Phi) is 8.45. The van der Waals surface area contributed by atoms with E-state index in [0.29, 0.717) is 23.5 Å². The molecule has 4 rings (SSSR count). The Hall–Kier alpha value is -3.82. The van der Waals surface area contributed by atoms with Crippen LogP contribution in [-0.2, 0) is 6.54 Å². The summed E-state index contributed by atoms with van der Waals surface area (Å²) in [5.41, 5.74) is 4.51. The van der Waals surface area contributed by atoms with Crippen LogP contribution in [0.3, 0.4) is 0 Å². The van der Waals surface area contributed by atoms with E-state index >= 15 is 0 Å². The summed E-state index contributed by atoms with van der Waals surface area (Å²) in [5.74, 6) is 2.48. The number of hydrogen-bond donors (Lipinski definition) is 3. The zero-order valence-electron chi connectivity index (χ0n) is 17.5. The molecule has 0 aliphatic rings. The number of nitrogens with zero attached hydrogens (tertiary/aromatic N) is 4. The van der Waals surface area contributed by atoms with E-state index in [1.165, 1.54) is 0 Å². The third-order valence-electron chi connectivity index (χ3n) is 4.23. The molecule has 0 unspecified atom stereocenters. The lowest BCUT2D eigenvalue weighted by Gasteiger charge is -2.10. The van der Waals surface area contributed by atoms with Crippen LogP contribution in [0, 0.1) is 0 Å². The molecule has 11 heteroatoms. The SMILES string of the molecule is COc1ccc(Nc2nc(NCc3ccco3)nc(NN=Cc3ccc(Cl)cc3)n2)cc1.Cl. The summed E-state index contributed by atoms with van der Waals surface area (Å²) in [4.78, 5) is 13.2. The number of nitrogens with one attached hydrogen (secondary N) is 3. The lowest BCUT2D eigenvalue weighted by atomic mass is 10.2. The molecule has 0 radical (unpaired) electrons. The van der Waals surface area contributed by atoms with E-state index < -0.39 is 0 Å². The van der Waals surface area contributed by atoms with Crippen molar-refractivity contribution in [2.75, 3.05) is 23.2 Å². The molecule has 0 aliphatic heterocycles. The van der Waals surface area contributed by atoms with Crippen LogP contribution in [0.5, 0.6) is 5.75 Å². The van der Waals surface area contributed by atoms with Crippen molar-refractivity contribution in [1.82, 2.24) is 15.0 Å². The summed E-state index contributed by atoms with van der Waals surface area (Å²) in [5, 5.41) is 11.1. The number of hydrogen-bond acceptors (Lipinski definition) is 9. The predicted octanol–water partition coefficient (Wildman–Crippen LogP) is 5.35. The van der Waals surface area contributed by atoms with Gasteiger partial charge in [0.15, 0.2) is 0 Å². The van der Waals surface area contributed by atoms with Crippen molar-refractivity contribution in [3.8, 4) is 5.75 Å². The van der Waals surface area contributed by atoms with E-state index in [2.05, 4.69) is 36.1 Å². The van der Waals surface area contributed by atoms with Crippen LogP contribution in [0.1, 0.15) is 11.3 Å². The number of ether oxygens (including phenoxy) is 1. The first-order chi connectivity index (χ1) is 15.7. The molecular weight excluding hydrogens is 465 g/mol. The molecule has 4 aromatic rings. The highest BCUT2D eigenvalue weighted by atomic mass is 35.5. The summed E-state index contributed by atoms with van der Waals surface area (Å²) in [6, 6.07) is 18.4. The summed E-state index contributed by atoms with van der Waals surface area (Å²) < 4.78 is 10.5. The Morgan fingerprint density at radius 2 is 1.70 bits per heavy atom. The van der Waals surface area contributed by atoms with Gasteiger partial charge in [-0.05, 0) is 54.1 Å². The maximum Gasteiger partial charge on any atom is 0.250 e. The minimum atomic E-state index is 0. The van der Waals surface area contributed by atoms with E-state index in [1.807, 2.05) is 48.5 Å². The largest absolute Gasteiger partial charge is 0.497 e. The highest BCUT2D eigenvalue weighted by Gasteiger charge is 2.08. The first-order valence-corrected chi connectivity index (χ1v) is 10.0. The normalized spacial score (nSPS) is 10.5. The monoisotopic (exact) mass is 485 g/mol. The Labute approximate surface area is 201 Å². The second-order valence-electron chi connectivity index (χ2n) is 6.51. The van der Waals surface area contributed by atoms with Gasteiger partial charge in [0.2, 0.25) is 17.8 Å². The van der Waals surface area contributed by atoms with Gasteiger partial charge in [-0.3, -0.25) is 0 Å². The number of hydrazone groups is 1. The summed E-state index contributed by atoms with van der Waals surface area (Å²) >= 11 is 5.91. The quantitative estimate of drug-likeness (QED) is 0.215. The number of furan rings is 1. The minimum Gasteiger partial charge on any atom is -0.497 e. The van der Waals surface area contributed by atoms with E-state index in [1.54, 1.807) is 31.7 Å². The minimum absolute atomic E-state index is 0. The smallest absolute Gasteiger partial charge is 0.250 e. The average Bonchev–Trinajstić information content (AvgIpc) is 3.33. The molecule has 2 heterocycles.